The first-order valence-corrected chi connectivity index (χ1v) is 7.73. The lowest BCUT2D eigenvalue weighted by atomic mass is 10.3. The van der Waals surface area contributed by atoms with Crippen LogP contribution in [0.5, 0.6) is 0 Å². The van der Waals surface area contributed by atoms with E-state index in [0.717, 1.165) is 5.56 Å². The van der Waals surface area contributed by atoms with E-state index in [0.29, 0.717) is 4.60 Å². The Morgan fingerprint density at radius 2 is 2.05 bits per heavy atom. The number of aromatic nitrogens is 1. The summed E-state index contributed by atoms with van der Waals surface area (Å²) < 4.78 is 61.7. The second-order valence-corrected chi connectivity index (χ2v) is 6.56. The fraction of sp³-hybridized carbons (Fsp3) is 0.500. The van der Waals surface area contributed by atoms with Crippen LogP contribution in [0.2, 0.25) is 0 Å². The van der Waals surface area contributed by atoms with Gasteiger partial charge in [0.05, 0.1) is 17.6 Å². The van der Waals surface area contributed by atoms with Crippen LogP contribution in [0.15, 0.2) is 16.9 Å². The normalized spacial score (nSPS) is 12.5. The average molecular weight is 361 g/mol. The number of sulfonamides is 1. The summed E-state index contributed by atoms with van der Waals surface area (Å²) in [7, 11) is -3.79. The van der Waals surface area contributed by atoms with Crippen LogP contribution in [-0.4, -0.2) is 25.3 Å². The predicted molar refractivity (Wildman–Crippen MR) is 69.4 cm³/mol. The van der Waals surface area contributed by atoms with Gasteiger partial charge in [-0.05, 0) is 40.9 Å². The molecule has 108 valence electrons. The molecule has 1 aromatic heterocycles. The van der Waals surface area contributed by atoms with Crippen LogP contribution in [0, 0.1) is 6.92 Å². The molecule has 1 aromatic rings. The van der Waals surface area contributed by atoms with Gasteiger partial charge < -0.3 is 0 Å². The molecule has 4 nitrogen and oxygen atoms in total. The van der Waals surface area contributed by atoms with Crippen LogP contribution in [-0.2, 0) is 10.0 Å². The molecule has 0 atom stereocenters. The topological polar surface area (TPSA) is 59.1 Å². The van der Waals surface area contributed by atoms with Crippen LogP contribution in [0.4, 0.5) is 18.9 Å². The van der Waals surface area contributed by atoms with Crippen molar-refractivity contribution in [2.75, 3.05) is 10.5 Å². The van der Waals surface area contributed by atoms with Gasteiger partial charge in [0.15, 0.2) is 0 Å². The predicted octanol–water partition coefficient (Wildman–Crippen LogP) is 3.24. The first-order valence-electron chi connectivity index (χ1n) is 5.28. The molecular formula is C10H12BrF3N2O2S. The highest BCUT2D eigenvalue weighted by atomic mass is 79.9. The van der Waals surface area contributed by atoms with Crippen LogP contribution in [0.3, 0.4) is 0 Å². The summed E-state index contributed by atoms with van der Waals surface area (Å²) in [6, 6.07) is 1.54. The SMILES string of the molecule is Cc1cc(NS(=O)(=O)CCCC(F)(F)F)cnc1Br. The van der Waals surface area contributed by atoms with Crippen molar-refractivity contribution in [3.63, 3.8) is 0 Å². The van der Waals surface area contributed by atoms with Crippen LogP contribution >= 0.6 is 15.9 Å². The Hall–Kier alpha value is -0.830. The van der Waals surface area contributed by atoms with Gasteiger partial charge in [-0.2, -0.15) is 13.2 Å². The van der Waals surface area contributed by atoms with Gasteiger partial charge in [-0.3, -0.25) is 4.72 Å². The maximum atomic E-state index is 11.9. The van der Waals surface area contributed by atoms with Crippen molar-refractivity contribution in [2.45, 2.75) is 25.9 Å². The zero-order chi connectivity index (χ0) is 14.7. The summed E-state index contributed by atoms with van der Waals surface area (Å²) in [5.41, 5.74) is 0.947. The summed E-state index contributed by atoms with van der Waals surface area (Å²) in [5.74, 6) is -0.582. The average Bonchev–Trinajstić information content (AvgIpc) is 2.20. The van der Waals surface area contributed by atoms with E-state index < -0.39 is 34.8 Å². The third-order valence-corrected chi connectivity index (χ3v) is 4.36. The minimum Gasteiger partial charge on any atom is -0.282 e. The van der Waals surface area contributed by atoms with E-state index in [2.05, 4.69) is 25.6 Å². The zero-order valence-corrected chi connectivity index (χ0v) is 12.4. The Balaban J connectivity index is 2.61. The van der Waals surface area contributed by atoms with Gasteiger partial charge in [-0.15, -0.1) is 0 Å². The van der Waals surface area contributed by atoms with Gasteiger partial charge >= 0.3 is 6.18 Å². The molecule has 0 saturated carbocycles. The summed E-state index contributed by atoms with van der Waals surface area (Å²) in [4.78, 5) is 3.89. The number of hydrogen-bond donors (Lipinski definition) is 1. The summed E-state index contributed by atoms with van der Waals surface area (Å²) in [6.07, 6.45) is -4.64. The highest BCUT2D eigenvalue weighted by Crippen LogP contribution is 2.22. The minimum atomic E-state index is -4.34. The second kappa shape index (κ2) is 6.08. The third-order valence-electron chi connectivity index (χ3n) is 2.16. The Morgan fingerprint density at radius 1 is 1.42 bits per heavy atom. The number of hydrogen-bond acceptors (Lipinski definition) is 3. The van der Waals surface area contributed by atoms with E-state index in [1.54, 1.807) is 13.0 Å². The van der Waals surface area contributed by atoms with Gasteiger partial charge in [-0.1, -0.05) is 0 Å². The van der Waals surface area contributed by atoms with Crippen molar-refractivity contribution in [2.24, 2.45) is 0 Å². The van der Waals surface area contributed by atoms with E-state index >= 15 is 0 Å². The van der Waals surface area contributed by atoms with E-state index in [4.69, 9.17) is 0 Å². The van der Waals surface area contributed by atoms with Crippen molar-refractivity contribution in [1.82, 2.24) is 4.98 Å². The first kappa shape index (κ1) is 16.2. The second-order valence-electron chi connectivity index (χ2n) is 3.97. The number of alkyl halides is 3. The maximum Gasteiger partial charge on any atom is 0.389 e. The molecule has 0 aliphatic rings. The van der Waals surface area contributed by atoms with Crippen LogP contribution < -0.4 is 4.72 Å². The number of aryl methyl sites for hydroxylation is 1. The molecule has 9 heteroatoms. The molecule has 0 aliphatic heterocycles. The van der Waals surface area contributed by atoms with Gasteiger partial charge in [0.2, 0.25) is 10.0 Å². The van der Waals surface area contributed by atoms with Crippen molar-refractivity contribution in [3.8, 4) is 0 Å². The number of halogens is 4. The molecule has 1 N–H and O–H groups in total. The summed E-state index contributed by atoms with van der Waals surface area (Å²) in [5, 5.41) is 0. The largest absolute Gasteiger partial charge is 0.389 e. The Kier molecular flexibility index (Phi) is 5.19. The molecule has 0 fully saturated rings. The van der Waals surface area contributed by atoms with Gasteiger partial charge in [0.1, 0.15) is 4.60 Å². The molecular weight excluding hydrogens is 349 g/mol. The minimum absolute atomic E-state index is 0.229. The van der Waals surface area contributed by atoms with Crippen LogP contribution in [0.1, 0.15) is 18.4 Å². The molecule has 19 heavy (non-hydrogen) atoms. The fourth-order valence-electron chi connectivity index (χ4n) is 1.31. The Labute approximate surface area is 117 Å². The lowest BCUT2D eigenvalue weighted by Gasteiger charge is -2.09. The van der Waals surface area contributed by atoms with E-state index in [9.17, 15) is 21.6 Å². The van der Waals surface area contributed by atoms with Crippen molar-refractivity contribution in [1.29, 1.82) is 0 Å². The standard InChI is InChI=1S/C10H12BrF3N2O2S/c1-7-5-8(6-15-9(7)11)16-19(17,18)4-2-3-10(12,13)14/h5-6,16H,2-4H2,1H3. The molecule has 1 rings (SSSR count). The fourth-order valence-corrected chi connectivity index (χ4v) is 2.62. The number of nitrogens with one attached hydrogen (secondary N) is 1. The molecule has 0 bridgehead atoms. The van der Waals surface area contributed by atoms with E-state index in [1.807, 2.05) is 0 Å². The van der Waals surface area contributed by atoms with Crippen molar-refractivity contribution >= 4 is 31.6 Å². The van der Waals surface area contributed by atoms with E-state index in [-0.39, 0.29) is 5.69 Å². The van der Waals surface area contributed by atoms with Gasteiger partial charge in [0, 0.05) is 6.42 Å². The van der Waals surface area contributed by atoms with Crippen molar-refractivity contribution < 1.29 is 21.6 Å². The highest BCUT2D eigenvalue weighted by molar-refractivity contribution is 9.10. The van der Waals surface area contributed by atoms with Gasteiger partial charge in [0.25, 0.3) is 0 Å². The molecule has 0 aliphatic carbocycles. The molecule has 1 heterocycles. The van der Waals surface area contributed by atoms with Crippen molar-refractivity contribution in [3.05, 3.63) is 22.4 Å². The lowest BCUT2D eigenvalue weighted by Crippen LogP contribution is -2.19. The quantitative estimate of drug-likeness (QED) is 0.820. The van der Waals surface area contributed by atoms with Gasteiger partial charge in [-0.25, -0.2) is 13.4 Å². The Morgan fingerprint density at radius 3 is 2.58 bits per heavy atom. The molecule has 0 aromatic carbocycles. The summed E-state index contributed by atoms with van der Waals surface area (Å²) >= 11 is 3.16. The number of pyridine rings is 1. The number of anilines is 1. The lowest BCUT2D eigenvalue weighted by molar-refractivity contribution is -0.134. The maximum absolute atomic E-state index is 11.9. The molecule has 0 amide bonds. The molecule has 0 saturated heterocycles. The van der Waals surface area contributed by atoms with E-state index in [1.165, 1.54) is 6.20 Å². The Bertz CT molecular complexity index is 546. The van der Waals surface area contributed by atoms with Crippen LogP contribution in [0.25, 0.3) is 0 Å². The highest BCUT2D eigenvalue weighted by Gasteiger charge is 2.27. The number of rotatable bonds is 5. The molecule has 0 spiro atoms. The zero-order valence-electron chi connectivity index (χ0n) is 9.96. The monoisotopic (exact) mass is 360 g/mol. The number of nitrogens with zero attached hydrogens (tertiary/aromatic N) is 1. The third kappa shape index (κ3) is 6.24. The molecule has 0 unspecified atom stereocenters. The first-order chi connectivity index (χ1) is 8.59. The smallest absolute Gasteiger partial charge is 0.282 e. The molecule has 0 radical (unpaired) electrons. The summed E-state index contributed by atoms with van der Waals surface area (Å²) in [6.45, 7) is 1.72.